The molecule has 0 spiro atoms. The topological polar surface area (TPSA) is 35.9 Å². The molecule has 0 aliphatic carbocycles. The number of aliphatic hydroxyl groups is 1. The molecule has 1 unspecified atom stereocenters. The van der Waals surface area contributed by atoms with Crippen LogP contribution in [0.25, 0.3) is 0 Å². The van der Waals surface area contributed by atoms with Gasteiger partial charge in [-0.3, -0.25) is 9.80 Å². The van der Waals surface area contributed by atoms with Gasteiger partial charge in [0.05, 0.1) is 19.3 Å². The molecule has 1 aromatic carbocycles. The summed E-state index contributed by atoms with van der Waals surface area (Å²) in [6.45, 7) is 5.22. The predicted molar refractivity (Wildman–Crippen MR) is 86.1 cm³/mol. The molecule has 1 heterocycles. The van der Waals surface area contributed by atoms with Crippen LogP contribution in [0, 0.1) is 0 Å². The summed E-state index contributed by atoms with van der Waals surface area (Å²) in [6, 6.07) is 5.45. The fraction of sp³-hybridized carbons (Fsp3) is 0.600. The number of rotatable bonds is 6. The van der Waals surface area contributed by atoms with Gasteiger partial charge in [0.1, 0.15) is 0 Å². The third-order valence-corrected chi connectivity index (χ3v) is 4.15. The molecule has 0 aromatic heterocycles. The highest BCUT2D eigenvalue weighted by Crippen LogP contribution is 2.21. The molecule has 6 heteroatoms. The van der Waals surface area contributed by atoms with Crippen LogP contribution in [0.4, 0.5) is 0 Å². The standard InChI is InChI=1S/C15H22Cl2N2O2/c1-18(9-12-8-13(16)2-3-15(12)17)10-14(20)11-19-4-6-21-7-5-19/h2-3,8,14,20H,4-7,9-11H2,1H3. The van der Waals surface area contributed by atoms with E-state index in [4.69, 9.17) is 27.9 Å². The lowest BCUT2D eigenvalue weighted by Crippen LogP contribution is -2.43. The number of β-amino-alcohol motifs (C(OH)–C–C–N with tert-alkyl or cyclic N) is 1. The van der Waals surface area contributed by atoms with Crippen molar-refractivity contribution in [3.8, 4) is 0 Å². The molecule has 1 saturated heterocycles. The van der Waals surface area contributed by atoms with Gasteiger partial charge >= 0.3 is 0 Å². The second-order valence-electron chi connectivity index (χ2n) is 5.50. The quantitative estimate of drug-likeness (QED) is 0.865. The molecule has 0 amide bonds. The minimum absolute atomic E-state index is 0.383. The Hall–Kier alpha value is -0.360. The van der Waals surface area contributed by atoms with E-state index in [1.807, 2.05) is 13.1 Å². The highest BCUT2D eigenvalue weighted by Gasteiger charge is 2.16. The fourth-order valence-electron chi connectivity index (χ4n) is 2.52. The zero-order chi connectivity index (χ0) is 15.2. The van der Waals surface area contributed by atoms with E-state index in [9.17, 15) is 5.11 Å². The van der Waals surface area contributed by atoms with Crippen molar-refractivity contribution >= 4 is 23.2 Å². The summed E-state index contributed by atoms with van der Waals surface area (Å²) in [4.78, 5) is 4.29. The van der Waals surface area contributed by atoms with Crippen molar-refractivity contribution in [2.24, 2.45) is 0 Å². The fourth-order valence-corrected chi connectivity index (χ4v) is 2.89. The Morgan fingerprint density at radius 3 is 2.76 bits per heavy atom. The zero-order valence-electron chi connectivity index (χ0n) is 12.3. The van der Waals surface area contributed by atoms with E-state index in [0.29, 0.717) is 29.7 Å². The van der Waals surface area contributed by atoms with Crippen LogP contribution in [0.3, 0.4) is 0 Å². The second-order valence-corrected chi connectivity index (χ2v) is 6.34. The maximum atomic E-state index is 10.2. The highest BCUT2D eigenvalue weighted by molar-refractivity contribution is 6.33. The normalized spacial score (nSPS) is 18.1. The summed E-state index contributed by atoms with van der Waals surface area (Å²) in [7, 11) is 1.97. The van der Waals surface area contributed by atoms with Crippen LogP contribution in [0.1, 0.15) is 5.56 Å². The zero-order valence-corrected chi connectivity index (χ0v) is 13.8. The van der Waals surface area contributed by atoms with Crippen LogP contribution in [0.15, 0.2) is 18.2 Å². The van der Waals surface area contributed by atoms with Gasteiger partial charge in [-0.2, -0.15) is 0 Å². The second kappa shape index (κ2) is 8.32. The Morgan fingerprint density at radius 2 is 2.05 bits per heavy atom. The first-order chi connectivity index (χ1) is 10.0. The van der Waals surface area contributed by atoms with E-state index in [2.05, 4.69) is 9.80 Å². The average Bonchev–Trinajstić information content (AvgIpc) is 2.43. The number of aliphatic hydroxyl groups excluding tert-OH is 1. The first-order valence-corrected chi connectivity index (χ1v) is 7.91. The van der Waals surface area contributed by atoms with Crippen molar-refractivity contribution in [2.75, 3.05) is 46.4 Å². The lowest BCUT2D eigenvalue weighted by atomic mass is 10.2. The summed E-state index contributed by atoms with van der Waals surface area (Å²) in [5.74, 6) is 0. The lowest BCUT2D eigenvalue weighted by Gasteiger charge is -2.30. The number of morpholine rings is 1. The molecule has 21 heavy (non-hydrogen) atoms. The Bertz CT molecular complexity index is 453. The molecule has 1 aromatic rings. The van der Waals surface area contributed by atoms with E-state index < -0.39 is 0 Å². The van der Waals surface area contributed by atoms with Gasteiger partial charge in [-0.25, -0.2) is 0 Å². The largest absolute Gasteiger partial charge is 0.390 e. The summed E-state index contributed by atoms with van der Waals surface area (Å²) in [5, 5.41) is 11.6. The van der Waals surface area contributed by atoms with Gasteiger partial charge in [0.2, 0.25) is 0 Å². The third kappa shape index (κ3) is 5.74. The van der Waals surface area contributed by atoms with Crippen molar-refractivity contribution in [3.63, 3.8) is 0 Å². The highest BCUT2D eigenvalue weighted by atomic mass is 35.5. The van der Waals surface area contributed by atoms with Crippen molar-refractivity contribution in [2.45, 2.75) is 12.6 Å². The van der Waals surface area contributed by atoms with Crippen LogP contribution in [-0.2, 0) is 11.3 Å². The molecule has 2 rings (SSSR count). The minimum atomic E-state index is -0.383. The molecule has 1 fully saturated rings. The molecule has 0 radical (unpaired) electrons. The number of hydrogen-bond acceptors (Lipinski definition) is 4. The summed E-state index contributed by atoms with van der Waals surface area (Å²) >= 11 is 12.2. The number of nitrogens with zero attached hydrogens (tertiary/aromatic N) is 2. The monoisotopic (exact) mass is 332 g/mol. The van der Waals surface area contributed by atoms with Gasteiger partial charge < -0.3 is 9.84 Å². The van der Waals surface area contributed by atoms with Gasteiger partial charge in [0.25, 0.3) is 0 Å². The van der Waals surface area contributed by atoms with Crippen LogP contribution in [0.2, 0.25) is 10.0 Å². The first-order valence-electron chi connectivity index (χ1n) is 7.15. The Balaban J connectivity index is 1.80. The van der Waals surface area contributed by atoms with E-state index in [1.54, 1.807) is 12.1 Å². The van der Waals surface area contributed by atoms with Crippen LogP contribution < -0.4 is 0 Å². The van der Waals surface area contributed by atoms with Crippen molar-refractivity contribution in [3.05, 3.63) is 33.8 Å². The Kier molecular flexibility index (Phi) is 6.74. The molecule has 0 bridgehead atoms. The first kappa shape index (κ1) is 17.0. The van der Waals surface area contributed by atoms with Crippen molar-refractivity contribution in [1.29, 1.82) is 0 Å². The number of benzene rings is 1. The van der Waals surface area contributed by atoms with E-state index >= 15 is 0 Å². The van der Waals surface area contributed by atoms with Gasteiger partial charge in [-0.1, -0.05) is 23.2 Å². The number of hydrogen-bond donors (Lipinski definition) is 1. The Labute approximate surface area is 136 Å². The molecule has 1 atom stereocenters. The molecule has 1 aliphatic heterocycles. The van der Waals surface area contributed by atoms with Crippen LogP contribution in [-0.4, -0.2) is 67.5 Å². The molecular weight excluding hydrogens is 311 g/mol. The molecule has 1 aliphatic rings. The average molecular weight is 333 g/mol. The van der Waals surface area contributed by atoms with Gasteiger partial charge in [-0.15, -0.1) is 0 Å². The summed E-state index contributed by atoms with van der Waals surface area (Å²) in [6.07, 6.45) is -0.383. The maximum absolute atomic E-state index is 10.2. The minimum Gasteiger partial charge on any atom is -0.390 e. The molecular formula is C15H22Cl2N2O2. The number of halogens is 2. The lowest BCUT2D eigenvalue weighted by molar-refractivity contribution is 0.00825. The number of likely N-dealkylation sites (N-methyl/N-ethyl adjacent to an activating group) is 1. The molecule has 1 N–H and O–H groups in total. The predicted octanol–water partition coefficient (Wildman–Crippen LogP) is 2.12. The van der Waals surface area contributed by atoms with Crippen LogP contribution >= 0.6 is 23.2 Å². The third-order valence-electron chi connectivity index (χ3n) is 3.54. The SMILES string of the molecule is CN(Cc1cc(Cl)ccc1Cl)CC(O)CN1CCOCC1. The van der Waals surface area contributed by atoms with Gasteiger partial charge in [0.15, 0.2) is 0 Å². The summed E-state index contributed by atoms with van der Waals surface area (Å²) in [5.41, 5.74) is 0.977. The van der Waals surface area contributed by atoms with Crippen LogP contribution in [0.5, 0.6) is 0 Å². The smallest absolute Gasteiger partial charge is 0.0793 e. The van der Waals surface area contributed by atoms with E-state index in [-0.39, 0.29) is 6.10 Å². The molecule has 0 saturated carbocycles. The van der Waals surface area contributed by atoms with Crippen molar-refractivity contribution in [1.82, 2.24) is 9.80 Å². The van der Waals surface area contributed by atoms with E-state index in [1.165, 1.54) is 0 Å². The number of ether oxygens (including phenoxy) is 1. The van der Waals surface area contributed by atoms with Gasteiger partial charge in [-0.05, 0) is 30.8 Å². The molecule has 4 nitrogen and oxygen atoms in total. The Morgan fingerprint density at radius 1 is 1.33 bits per heavy atom. The summed E-state index contributed by atoms with van der Waals surface area (Å²) < 4.78 is 5.30. The van der Waals surface area contributed by atoms with Gasteiger partial charge in [0, 0.05) is 42.8 Å². The maximum Gasteiger partial charge on any atom is 0.0793 e. The van der Waals surface area contributed by atoms with Crippen molar-refractivity contribution < 1.29 is 9.84 Å². The molecule has 118 valence electrons. The van der Waals surface area contributed by atoms with E-state index in [0.717, 1.165) is 31.9 Å².